The standard InChI is InChI=1S/C11H22N2O/c1-11(4-5-12-8-11)9-13-6-3-10(7-13)14-2/h10,12H,3-9H2,1-2H3/t10-,11?/m0/s1. The summed E-state index contributed by atoms with van der Waals surface area (Å²) in [5, 5.41) is 3.45. The predicted octanol–water partition coefficient (Wildman–Crippen LogP) is 0.707. The van der Waals surface area contributed by atoms with Gasteiger partial charge in [0, 0.05) is 33.3 Å². The van der Waals surface area contributed by atoms with E-state index in [9.17, 15) is 0 Å². The fourth-order valence-electron chi connectivity index (χ4n) is 2.68. The van der Waals surface area contributed by atoms with Gasteiger partial charge in [-0.3, -0.25) is 0 Å². The van der Waals surface area contributed by atoms with Crippen molar-refractivity contribution in [1.82, 2.24) is 10.2 Å². The van der Waals surface area contributed by atoms with Gasteiger partial charge in [-0.25, -0.2) is 0 Å². The molecule has 1 N–H and O–H groups in total. The molecule has 3 heteroatoms. The van der Waals surface area contributed by atoms with Gasteiger partial charge in [-0.15, -0.1) is 0 Å². The number of likely N-dealkylation sites (tertiary alicyclic amines) is 1. The van der Waals surface area contributed by atoms with Crippen molar-refractivity contribution in [3.05, 3.63) is 0 Å². The monoisotopic (exact) mass is 198 g/mol. The summed E-state index contributed by atoms with van der Waals surface area (Å²) in [6.45, 7) is 8.35. The summed E-state index contributed by atoms with van der Waals surface area (Å²) in [6.07, 6.45) is 3.01. The number of hydrogen-bond donors (Lipinski definition) is 1. The number of nitrogens with zero attached hydrogens (tertiary/aromatic N) is 1. The summed E-state index contributed by atoms with van der Waals surface area (Å²) in [7, 11) is 1.83. The molecule has 2 rings (SSSR count). The van der Waals surface area contributed by atoms with Crippen molar-refractivity contribution in [2.45, 2.75) is 25.9 Å². The van der Waals surface area contributed by atoms with Crippen LogP contribution in [0.4, 0.5) is 0 Å². The Bertz CT molecular complexity index is 190. The van der Waals surface area contributed by atoms with Crippen LogP contribution in [0, 0.1) is 5.41 Å². The molecule has 82 valence electrons. The quantitative estimate of drug-likeness (QED) is 0.723. The lowest BCUT2D eigenvalue weighted by Gasteiger charge is -2.28. The van der Waals surface area contributed by atoms with Gasteiger partial charge in [0.15, 0.2) is 0 Å². The molecule has 2 aliphatic rings. The Kier molecular flexibility index (Phi) is 3.10. The maximum Gasteiger partial charge on any atom is 0.0710 e. The molecule has 0 amide bonds. The van der Waals surface area contributed by atoms with E-state index in [4.69, 9.17) is 4.74 Å². The van der Waals surface area contributed by atoms with Gasteiger partial charge in [-0.05, 0) is 24.8 Å². The molecule has 2 fully saturated rings. The molecule has 2 aliphatic heterocycles. The third-order valence-corrected chi connectivity index (χ3v) is 3.62. The molecule has 1 unspecified atom stereocenters. The van der Waals surface area contributed by atoms with Crippen LogP contribution in [0.15, 0.2) is 0 Å². The zero-order valence-electron chi connectivity index (χ0n) is 9.38. The van der Waals surface area contributed by atoms with E-state index in [1.54, 1.807) is 0 Å². The molecule has 0 spiro atoms. The molecule has 2 heterocycles. The maximum atomic E-state index is 5.38. The molecule has 0 aromatic rings. The Morgan fingerprint density at radius 2 is 2.43 bits per heavy atom. The fourth-order valence-corrected chi connectivity index (χ4v) is 2.68. The van der Waals surface area contributed by atoms with Gasteiger partial charge >= 0.3 is 0 Å². The Labute approximate surface area is 86.8 Å². The highest BCUT2D eigenvalue weighted by atomic mass is 16.5. The van der Waals surface area contributed by atoms with Gasteiger partial charge in [0.1, 0.15) is 0 Å². The Hall–Kier alpha value is -0.120. The van der Waals surface area contributed by atoms with Crippen LogP contribution < -0.4 is 5.32 Å². The van der Waals surface area contributed by atoms with Crippen molar-refractivity contribution in [2.75, 3.05) is 39.8 Å². The Morgan fingerprint density at radius 1 is 1.57 bits per heavy atom. The molecule has 2 atom stereocenters. The summed E-state index contributed by atoms with van der Waals surface area (Å²) >= 11 is 0. The molecule has 3 nitrogen and oxygen atoms in total. The maximum absolute atomic E-state index is 5.38. The van der Waals surface area contributed by atoms with Crippen LogP contribution in [0.5, 0.6) is 0 Å². The van der Waals surface area contributed by atoms with Gasteiger partial charge in [-0.1, -0.05) is 6.92 Å². The number of hydrogen-bond acceptors (Lipinski definition) is 3. The Balaban J connectivity index is 1.80. The molecule has 0 aromatic carbocycles. The normalized spacial score (nSPS) is 39.4. The SMILES string of the molecule is CO[C@H]1CCN(CC2(C)CCNC2)C1. The van der Waals surface area contributed by atoms with E-state index in [1.807, 2.05) is 7.11 Å². The molecular formula is C11H22N2O. The van der Waals surface area contributed by atoms with Crippen LogP contribution in [0.3, 0.4) is 0 Å². The van der Waals surface area contributed by atoms with Crippen LogP contribution >= 0.6 is 0 Å². The van der Waals surface area contributed by atoms with E-state index in [1.165, 1.54) is 39.0 Å². The fraction of sp³-hybridized carbons (Fsp3) is 1.00. The molecule has 0 aliphatic carbocycles. The summed E-state index contributed by atoms with van der Waals surface area (Å²) in [6, 6.07) is 0. The third kappa shape index (κ3) is 2.27. The van der Waals surface area contributed by atoms with Crippen LogP contribution in [-0.4, -0.2) is 50.8 Å². The first kappa shape index (κ1) is 10.4. The summed E-state index contributed by atoms with van der Waals surface area (Å²) < 4.78 is 5.38. The van der Waals surface area contributed by atoms with E-state index in [-0.39, 0.29) is 0 Å². The molecule has 14 heavy (non-hydrogen) atoms. The van der Waals surface area contributed by atoms with Gasteiger partial charge in [0.2, 0.25) is 0 Å². The van der Waals surface area contributed by atoms with Crippen molar-refractivity contribution in [1.29, 1.82) is 0 Å². The minimum Gasteiger partial charge on any atom is -0.380 e. The molecular weight excluding hydrogens is 176 g/mol. The van der Waals surface area contributed by atoms with Crippen LogP contribution in [0.2, 0.25) is 0 Å². The van der Waals surface area contributed by atoms with Gasteiger partial charge in [0.25, 0.3) is 0 Å². The highest BCUT2D eigenvalue weighted by Gasteiger charge is 2.33. The van der Waals surface area contributed by atoms with E-state index in [0.29, 0.717) is 11.5 Å². The third-order valence-electron chi connectivity index (χ3n) is 3.62. The predicted molar refractivity (Wildman–Crippen MR) is 57.4 cm³/mol. The lowest BCUT2D eigenvalue weighted by Crippen LogP contribution is -2.36. The van der Waals surface area contributed by atoms with Gasteiger partial charge in [-0.2, -0.15) is 0 Å². The summed E-state index contributed by atoms with van der Waals surface area (Å²) in [5.74, 6) is 0. The second kappa shape index (κ2) is 4.17. The van der Waals surface area contributed by atoms with E-state index in [0.717, 1.165) is 6.54 Å². The van der Waals surface area contributed by atoms with Crippen LogP contribution in [0.25, 0.3) is 0 Å². The summed E-state index contributed by atoms with van der Waals surface area (Å²) in [4.78, 5) is 2.56. The first-order valence-electron chi connectivity index (χ1n) is 5.68. The molecule has 2 saturated heterocycles. The first-order chi connectivity index (χ1) is 6.72. The number of rotatable bonds is 3. The second-order valence-corrected chi connectivity index (χ2v) is 5.12. The molecule has 0 aromatic heterocycles. The van der Waals surface area contributed by atoms with Gasteiger partial charge in [0.05, 0.1) is 6.10 Å². The van der Waals surface area contributed by atoms with Crippen molar-refractivity contribution in [3.8, 4) is 0 Å². The smallest absolute Gasteiger partial charge is 0.0710 e. The number of ether oxygens (including phenoxy) is 1. The van der Waals surface area contributed by atoms with Crippen molar-refractivity contribution >= 4 is 0 Å². The molecule has 0 bridgehead atoms. The van der Waals surface area contributed by atoms with E-state index < -0.39 is 0 Å². The molecule has 0 saturated carbocycles. The van der Waals surface area contributed by atoms with Crippen molar-refractivity contribution in [2.24, 2.45) is 5.41 Å². The lowest BCUT2D eigenvalue weighted by atomic mass is 9.89. The number of nitrogens with one attached hydrogen (secondary N) is 1. The van der Waals surface area contributed by atoms with Crippen LogP contribution in [-0.2, 0) is 4.74 Å². The second-order valence-electron chi connectivity index (χ2n) is 5.12. The summed E-state index contributed by atoms with van der Waals surface area (Å²) in [5.41, 5.74) is 0.503. The van der Waals surface area contributed by atoms with Crippen LogP contribution in [0.1, 0.15) is 19.8 Å². The highest BCUT2D eigenvalue weighted by molar-refractivity contribution is 4.89. The number of methoxy groups -OCH3 is 1. The minimum atomic E-state index is 0.480. The average Bonchev–Trinajstić information content (AvgIpc) is 2.75. The Morgan fingerprint density at radius 3 is 3.00 bits per heavy atom. The van der Waals surface area contributed by atoms with E-state index in [2.05, 4.69) is 17.1 Å². The van der Waals surface area contributed by atoms with Crippen molar-refractivity contribution < 1.29 is 4.74 Å². The zero-order valence-corrected chi connectivity index (χ0v) is 9.38. The van der Waals surface area contributed by atoms with E-state index >= 15 is 0 Å². The topological polar surface area (TPSA) is 24.5 Å². The highest BCUT2D eigenvalue weighted by Crippen LogP contribution is 2.27. The minimum absolute atomic E-state index is 0.480. The lowest BCUT2D eigenvalue weighted by molar-refractivity contribution is 0.101. The zero-order chi connectivity index (χ0) is 10.0. The largest absolute Gasteiger partial charge is 0.380 e. The first-order valence-corrected chi connectivity index (χ1v) is 5.68. The van der Waals surface area contributed by atoms with Gasteiger partial charge < -0.3 is 15.0 Å². The molecule has 0 radical (unpaired) electrons. The average molecular weight is 198 g/mol. The van der Waals surface area contributed by atoms with Crippen molar-refractivity contribution in [3.63, 3.8) is 0 Å².